The van der Waals surface area contributed by atoms with Crippen LogP contribution < -0.4 is 5.32 Å². The molecule has 2 aliphatic rings. The number of halogens is 4. The van der Waals surface area contributed by atoms with Crippen molar-refractivity contribution in [1.82, 2.24) is 14.9 Å². The molecule has 1 atom stereocenters. The van der Waals surface area contributed by atoms with Gasteiger partial charge in [0.1, 0.15) is 0 Å². The molecule has 1 amide bonds. The highest BCUT2D eigenvalue weighted by Gasteiger charge is 2.41. The molecule has 1 aromatic heterocycles. The van der Waals surface area contributed by atoms with Gasteiger partial charge in [-0.05, 0) is 49.3 Å². The fourth-order valence-corrected chi connectivity index (χ4v) is 4.69. The number of rotatable bonds is 4. The number of hydrogen-bond donors (Lipinski definition) is 1. The Morgan fingerprint density at radius 1 is 1.22 bits per heavy atom. The van der Waals surface area contributed by atoms with Crippen LogP contribution >= 0.6 is 11.6 Å². The summed E-state index contributed by atoms with van der Waals surface area (Å²) in [5.41, 5.74) is 0.247. The van der Waals surface area contributed by atoms with Crippen molar-refractivity contribution >= 4 is 23.5 Å². The zero-order chi connectivity index (χ0) is 22.9. The molecule has 10 heteroatoms. The second-order valence-corrected chi connectivity index (χ2v) is 8.89. The minimum absolute atomic E-state index is 0.00250. The third-order valence-electron chi connectivity index (χ3n) is 6.32. The normalized spacial score (nSPS) is 19.2. The maximum atomic E-state index is 12.9. The number of carbonyl (C=O) groups is 1. The number of aromatic nitrogens is 2. The Morgan fingerprint density at radius 3 is 2.53 bits per heavy atom. The highest BCUT2D eigenvalue weighted by Crippen LogP contribution is 2.40. The predicted molar refractivity (Wildman–Crippen MR) is 114 cm³/mol. The lowest BCUT2D eigenvalue weighted by Crippen LogP contribution is -2.35. The van der Waals surface area contributed by atoms with E-state index in [0.717, 1.165) is 51.2 Å². The van der Waals surface area contributed by atoms with Gasteiger partial charge in [0, 0.05) is 43.7 Å². The molecule has 0 saturated carbocycles. The zero-order valence-electron chi connectivity index (χ0n) is 17.6. The lowest BCUT2D eigenvalue weighted by atomic mass is 9.80. The van der Waals surface area contributed by atoms with Crippen LogP contribution in [0.4, 0.5) is 19.1 Å². The summed E-state index contributed by atoms with van der Waals surface area (Å²) in [5, 5.41) is 3.02. The zero-order valence-corrected chi connectivity index (χ0v) is 18.3. The maximum Gasteiger partial charge on any atom is 0.416 e. The Hall–Kier alpha value is -2.39. The number of benzene rings is 1. The number of nitrogens with zero attached hydrogens (tertiary/aromatic N) is 3. The molecule has 1 aromatic carbocycles. The van der Waals surface area contributed by atoms with E-state index >= 15 is 0 Å². The quantitative estimate of drug-likeness (QED) is 0.686. The van der Waals surface area contributed by atoms with Crippen LogP contribution in [0, 0.1) is 5.41 Å². The predicted octanol–water partition coefficient (Wildman–Crippen LogP) is 4.96. The van der Waals surface area contributed by atoms with Crippen LogP contribution in [0.2, 0.25) is 5.02 Å². The first-order valence-corrected chi connectivity index (χ1v) is 10.9. The minimum atomic E-state index is -4.45. The van der Waals surface area contributed by atoms with Gasteiger partial charge in [-0.2, -0.15) is 13.2 Å². The van der Waals surface area contributed by atoms with Gasteiger partial charge in [0.05, 0.1) is 17.2 Å². The molecule has 2 fully saturated rings. The van der Waals surface area contributed by atoms with Crippen molar-refractivity contribution in [1.29, 1.82) is 0 Å². The molecule has 2 saturated heterocycles. The van der Waals surface area contributed by atoms with Gasteiger partial charge >= 0.3 is 6.18 Å². The van der Waals surface area contributed by atoms with Crippen LogP contribution in [0.25, 0.3) is 0 Å². The van der Waals surface area contributed by atoms with Crippen LogP contribution in [0.5, 0.6) is 0 Å². The second kappa shape index (κ2) is 8.86. The first kappa shape index (κ1) is 22.8. The Morgan fingerprint density at radius 2 is 1.91 bits per heavy atom. The molecule has 0 bridgehead atoms. The molecule has 0 aliphatic carbocycles. The lowest BCUT2D eigenvalue weighted by Gasteiger charge is -2.33. The van der Waals surface area contributed by atoms with Gasteiger partial charge in [-0.1, -0.05) is 17.7 Å². The number of anilines is 1. The number of ether oxygens (including phenoxy) is 1. The molecule has 6 nitrogen and oxygen atoms in total. The van der Waals surface area contributed by atoms with E-state index in [0.29, 0.717) is 17.7 Å². The van der Waals surface area contributed by atoms with Crippen LogP contribution in [-0.2, 0) is 10.9 Å². The molecular formula is C22H24ClF3N4O2. The molecule has 172 valence electrons. The average Bonchev–Trinajstić information content (AvgIpc) is 3.16. The standard InChI is InChI=1S/C22H24ClF3N4O2/c1-14(17-3-2-16(10-18(17)23)22(24,25)26)29-20-27-11-15(12-28-20)19(31)30-7-4-21(13-30)5-8-32-9-6-21/h2-3,10-12,14H,4-9,13H2,1H3,(H,27,28,29)/t14-/m1/s1. The summed E-state index contributed by atoms with van der Waals surface area (Å²) in [7, 11) is 0. The van der Waals surface area contributed by atoms with E-state index < -0.39 is 17.8 Å². The Labute approximate surface area is 189 Å². The van der Waals surface area contributed by atoms with E-state index in [2.05, 4.69) is 15.3 Å². The smallest absolute Gasteiger partial charge is 0.381 e. The number of nitrogens with one attached hydrogen (secondary N) is 1. The Balaban J connectivity index is 1.39. The van der Waals surface area contributed by atoms with Gasteiger partial charge in [-0.3, -0.25) is 4.79 Å². The summed E-state index contributed by atoms with van der Waals surface area (Å²) < 4.78 is 44.0. The molecule has 4 rings (SSSR count). The first-order valence-electron chi connectivity index (χ1n) is 10.5. The van der Waals surface area contributed by atoms with Crippen LogP contribution in [0.1, 0.15) is 53.7 Å². The minimum Gasteiger partial charge on any atom is -0.381 e. The lowest BCUT2D eigenvalue weighted by molar-refractivity contribution is -0.137. The molecule has 2 aliphatic heterocycles. The maximum absolute atomic E-state index is 12.9. The first-order chi connectivity index (χ1) is 15.2. The fourth-order valence-electron chi connectivity index (χ4n) is 4.34. The van der Waals surface area contributed by atoms with Gasteiger partial charge in [0.25, 0.3) is 5.91 Å². The van der Waals surface area contributed by atoms with E-state index in [4.69, 9.17) is 16.3 Å². The number of carbonyl (C=O) groups excluding carboxylic acids is 1. The number of amides is 1. The molecule has 2 aromatic rings. The van der Waals surface area contributed by atoms with E-state index in [-0.39, 0.29) is 22.3 Å². The van der Waals surface area contributed by atoms with Gasteiger partial charge in [-0.15, -0.1) is 0 Å². The molecule has 1 spiro atoms. The van der Waals surface area contributed by atoms with E-state index in [1.807, 2.05) is 4.90 Å². The summed E-state index contributed by atoms with van der Waals surface area (Å²) in [6, 6.07) is 2.79. The number of alkyl halides is 3. The van der Waals surface area contributed by atoms with Crippen molar-refractivity contribution in [2.24, 2.45) is 5.41 Å². The Bertz CT molecular complexity index is 978. The molecule has 32 heavy (non-hydrogen) atoms. The van der Waals surface area contributed by atoms with Gasteiger partial charge in [0.2, 0.25) is 5.95 Å². The van der Waals surface area contributed by atoms with Crippen molar-refractivity contribution in [3.8, 4) is 0 Å². The third kappa shape index (κ3) is 4.83. The van der Waals surface area contributed by atoms with Crippen molar-refractivity contribution in [2.45, 2.75) is 38.4 Å². The number of likely N-dealkylation sites (tertiary alicyclic amines) is 1. The number of hydrogen-bond acceptors (Lipinski definition) is 5. The molecule has 0 unspecified atom stereocenters. The van der Waals surface area contributed by atoms with Crippen LogP contribution in [-0.4, -0.2) is 47.1 Å². The SMILES string of the molecule is C[C@@H](Nc1ncc(C(=O)N2CCC3(CCOCC3)C2)cn1)c1ccc(C(F)(F)F)cc1Cl. The second-order valence-electron chi connectivity index (χ2n) is 8.48. The highest BCUT2D eigenvalue weighted by molar-refractivity contribution is 6.31. The van der Waals surface area contributed by atoms with Crippen molar-refractivity contribution in [2.75, 3.05) is 31.6 Å². The fraction of sp³-hybridized carbons (Fsp3) is 0.500. The summed E-state index contributed by atoms with van der Waals surface area (Å²) in [6.07, 6.45) is 1.40. The summed E-state index contributed by atoms with van der Waals surface area (Å²) in [5.74, 6) is 0.158. The van der Waals surface area contributed by atoms with Gasteiger partial charge in [-0.25, -0.2) is 9.97 Å². The van der Waals surface area contributed by atoms with Crippen LogP contribution in [0.3, 0.4) is 0 Å². The summed E-state index contributed by atoms with van der Waals surface area (Å²) in [6.45, 7) is 4.66. The summed E-state index contributed by atoms with van der Waals surface area (Å²) >= 11 is 6.06. The Kier molecular flexibility index (Phi) is 6.31. The third-order valence-corrected chi connectivity index (χ3v) is 6.65. The molecular weight excluding hydrogens is 445 g/mol. The molecule has 0 radical (unpaired) electrons. The van der Waals surface area contributed by atoms with E-state index in [1.54, 1.807) is 6.92 Å². The average molecular weight is 469 g/mol. The van der Waals surface area contributed by atoms with Crippen molar-refractivity contribution in [3.63, 3.8) is 0 Å². The van der Waals surface area contributed by atoms with Crippen molar-refractivity contribution in [3.05, 3.63) is 52.3 Å². The van der Waals surface area contributed by atoms with E-state index in [1.165, 1.54) is 18.5 Å². The van der Waals surface area contributed by atoms with Gasteiger partial charge < -0.3 is 15.0 Å². The largest absolute Gasteiger partial charge is 0.416 e. The van der Waals surface area contributed by atoms with E-state index in [9.17, 15) is 18.0 Å². The monoisotopic (exact) mass is 468 g/mol. The molecule has 3 heterocycles. The molecule has 1 N–H and O–H groups in total. The van der Waals surface area contributed by atoms with Crippen molar-refractivity contribution < 1.29 is 22.7 Å². The van der Waals surface area contributed by atoms with Gasteiger partial charge in [0.15, 0.2) is 0 Å². The van der Waals surface area contributed by atoms with Crippen LogP contribution in [0.15, 0.2) is 30.6 Å². The summed E-state index contributed by atoms with van der Waals surface area (Å²) in [4.78, 5) is 23.1. The highest BCUT2D eigenvalue weighted by atomic mass is 35.5. The topological polar surface area (TPSA) is 67.4 Å².